The second kappa shape index (κ2) is 6.59. The first-order chi connectivity index (χ1) is 9.97. The number of hydrogen-bond donors (Lipinski definition) is 0. The summed E-state index contributed by atoms with van der Waals surface area (Å²) in [7, 11) is 3.92. The number of carbonyl (C=O) groups is 1. The quantitative estimate of drug-likeness (QED) is 0.607. The first-order valence-corrected chi connectivity index (χ1v) is 7.11. The largest absolute Gasteiger partial charge is 0.378 e. The van der Waals surface area contributed by atoms with Gasteiger partial charge in [-0.25, -0.2) is 0 Å². The zero-order valence-corrected chi connectivity index (χ0v) is 13.2. The van der Waals surface area contributed by atoms with Crippen molar-refractivity contribution in [1.82, 2.24) is 0 Å². The zero-order chi connectivity index (χ0) is 15.4. The molecule has 0 saturated heterocycles. The normalized spacial score (nSPS) is 10.9. The van der Waals surface area contributed by atoms with E-state index in [1.54, 1.807) is 12.2 Å². The van der Waals surface area contributed by atoms with E-state index in [2.05, 4.69) is 0 Å². The number of anilines is 1. The van der Waals surface area contributed by atoms with Gasteiger partial charge < -0.3 is 4.90 Å². The van der Waals surface area contributed by atoms with Crippen LogP contribution in [0.3, 0.4) is 0 Å². The molecule has 0 bridgehead atoms. The summed E-state index contributed by atoms with van der Waals surface area (Å²) in [5.41, 5.74) is 3.68. The number of ketones is 1. The highest BCUT2D eigenvalue weighted by molar-refractivity contribution is 6.32. The van der Waals surface area contributed by atoms with E-state index in [9.17, 15) is 4.79 Å². The predicted octanol–water partition coefficient (Wildman–Crippen LogP) is 4.61. The van der Waals surface area contributed by atoms with Gasteiger partial charge in [0.2, 0.25) is 0 Å². The van der Waals surface area contributed by atoms with Crippen LogP contribution in [-0.4, -0.2) is 19.9 Å². The number of benzene rings is 2. The molecule has 0 N–H and O–H groups in total. The van der Waals surface area contributed by atoms with Gasteiger partial charge in [-0.3, -0.25) is 4.79 Å². The second-order valence-corrected chi connectivity index (χ2v) is 5.57. The van der Waals surface area contributed by atoms with Crippen LogP contribution in [0.4, 0.5) is 5.69 Å². The van der Waals surface area contributed by atoms with E-state index in [1.165, 1.54) is 0 Å². The van der Waals surface area contributed by atoms with Gasteiger partial charge in [0.25, 0.3) is 0 Å². The van der Waals surface area contributed by atoms with Crippen molar-refractivity contribution in [3.63, 3.8) is 0 Å². The number of rotatable bonds is 4. The summed E-state index contributed by atoms with van der Waals surface area (Å²) in [5.74, 6) is -0.0252. The summed E-state index contributed by atoms with van der Waals surface area (Å²) in [6.07, 6.45) is 3.31. The lowest BCUT2D eigenvalue weighted by Crippen LogP contribution is -2.08. The SMILES string of the molecule is Cc1ccc(C(=O)/C=C\c2ccc(N(C)C)cc2Cl)cc1. The minimum absolute atomic E-state index is 0.0252. The van der Waals surface area contributed by atoms with Crippen molar-refractivity contribution in [3.05, 3.63) is 70.3 Å². The van der Waals surface area contributed by atoms with Gasteiger partial charge in [0.05, 0.1) is 0 Å². The van der Waals surface area contributed by atoms with Crippen molar-refractivity contribution in [2.75, 3.05) is 19.0 Å². The lowest BCUT2D eigenvalue weighted by molar-refractivity contribution is 0.104. The highest BCUT2D eigenvalue weighted by atomic mass is 35.5. The molecule has 0 saturated carbocycles. The van der Waals surface area contributed by atoms with Gasteiger partial charge in [-0.2, -0.15) is 0 Å². The number of nitrogens with zero attached hydrogens (tertiary/aromatic N) is 1. The molecule has 0 aliphatic rings. The van der Waals surface area contributed by atoms with Crippen molar-refractivity contribution < 1.29 is 4.79 Å². The van der Waals surface area contributed by atoms with Crippen LogP contribution in [0, 0.1) is 6.92 Å². The molecule has 0 atom stereocenters. The molecule has 0 radical (unpaired) electrons. The molecule has 0 aliphatic carbocycles. The van der Waals surface area contributed by atoms with Gasteiger partial charge in [-0.1, -0.05) is 47.5 Å². The fourth-order valence-corrected chi connectivity index (χ4v) is 2.15. The number of carbonyl (C=O) groups excluding carboxylic acids is 1. The van der Waals surface area contributed by atoms with Gasteiger partial charge in [0.1, 0.15) is 0 Å². The first-order valence-electron chi connectivity index (χ1n) is 6.73. The summed E-state index contributed by atoms with van der Waals surface area (Å²) in [4.78, 5) is 14.1. The highest BCUT2D eigenvalue weighted by Gasteiger charge is 2.03. The maximum Gasteiger partial charge on any atom is 0.185 e. The van der Waals surface area contributed by atoms with Gasteiger partial charge in [-0.15, -0.1) is 0 Å². The molecule has 0 spiro atoms. The van der Waals surface area contributed by atoms with Crippen LogP contribution in [-0.2, 0) is 0 Å². The van der Waals surface area contributed by atoms with Crippen LogP contribution in [0.5, 0.6) is 0 Å². The van der Waals surface area contributed by atoms with E-state index in [0.29, 0.717) is 10.6 Å². The molecule has 0 heterocycles. The van der Waals surface area contributed by atoms with Crippen molar-refractivity contribution in [3.8, 4) is 0 Å². The topological polar surface area (TPSA) is 20.3 Å². The number of hydrogen-bond acceptors (Lipinski definition) is 2. The van der Waals surface area contributed by atoms with E-state index in [0.717, 1.165) is 16.8 Å². The Hall–Kier alpha value is -2.06. The predicted molar refractivity (Wildman–Crippen MR) is 90.3 cm³/mol. The molecular weight excluding hydrogens is 282 g/mol. The van der Waals surface area contributed by atoms with Gasteiger partial charge >= 0.3 is 0 Å². The zero-order valence-electron chi connectivity index (χ0n) is 12.4. The van der Waals surface area contributed by atoms with Crippen LogP contribution in [0.25, 0.3) is 6.08 Å². The first kappa shape index (κ1) is 15.3. The van der Waals surface area contributed by atoms with Gasteiger partial charge in [-0.05, 0) is 36.8 Å². The summed E-state index contributed by atoms with van der Waals surface area (Å²) in [5, 5.41) is 0.633. The molecule has 2 aromatic carbocycles. The second-order valence-electron chi connectivity index (χ2n) is 5.16. The molecule has 0 fully saturated rings. The Morgan fingerprint density at radius 1 is 1.10 bits per heavy atom. The van der Waals surface area contributed by atoms with Crippen LogP contribution in [0.1, 0.15) is 21.5 Å². The fraction of sp³-hybridized carbons (Fsp3) is 0.167. The molecule has 0 aliphatic heterocycles. The Balaban J connectivity index is 2.17. The summed E-state index contributed by atoms with van der Waals surface area (Å²) < 4.78 is 0. The highest BCUT2D eigenvalue weighted by Crippen LogP contribution is 2.23. The monoisotopic (exact) mass is 299 g/mol. The number of aryl methyl sites for hydroxylation is 1. The maximum atomic E-state index is 12.1. The van der Waals surface area contributed by atoms with E-state index in [4.69, 9.17) is 11.6 Å². The van der Waals surface area contributed by atoms with Crippen LogP contribution in [0.15, 0.2) is 48.5 Å². The summed E-state index contributed by atoms with van der Waals surface area (Å²) in [6, 6.07) is 13.3. The van der Waals surface area contributed by atoms with Crippen molar-refractivity contribution in [2.24, 2.45) is 0 Å². The minimum Gasteiger partial charge on any atom is -0.378 e. The Bertz CT molecular complexity index is 672. The fourth-order valence-electron chi connectivity index (χ4n) is 1.91. The van der Waals surface area contributed by atoms with Gasteiger partial charge in [0, 0.05) is 30.4 Å². The maximum absolute atomic E-state index is 12.1. The summed E-state index contributed by atoms with van der Waals surface area (Å²) >= 11 is 6.23. The smallest absolute Gasteiger partial charge is 0.185 e. The van der Waals surface area contributed by atoms with E-state index >= 15 is 0 Å². The standard InChI is InChI=1S/C18H18ClNO/c1-13-4-6-15(7-5-13)18(21)11-9-14-8-10-16(20(2)3)12-17(14)19/h4-12H,1-3H3/b11-9-. The van der Waals surface area contributed by atoms with Crippen LogP contribution >= 0.6 is 11.6 Å². The van der Waals surface area contributed by atoms with Gasteiger partial charge in [0.15, 0.2) is 5.78 Å². The van der Waals surface area contributed by atoms with Crippen LogP contribution in [0.2, 0.25) is 5.02 Å². The number of allylic oxidation sites excluding steroid dienone is 1. The third-order valence-electron chi connectivity index (χ3n) is 3.25. The lowest BCUT2D eigenvalue weighted by Gasteiger charge is -2.13. The molecular formula is C18H18ClNO. The average molecular weight is 300 g/mol. The molecule has 2 nitrogen and oxygen atoms in total. The van der Waals surface area contributed by atoms with E-state index in [1.807, 2.05) is 68.4 Å². The Labute approximate surface area is 130 Å². The average Bonchev–Trinajstić information content (AvgIpc) is 2.46. The molecule has 2 rings (SSSR count). The van der Waals surface area contributed by atoms with E-state index < -0.39 is 0 Å². The Morgan fingerprint density at radius 3 is 2.33 bits per heavy atom. The molecule has 108 valence electrons. The molecule has 2 aromatic rings. The molecule has 0 unspecified atom stereocenters. The van der Waals surface area contributed by atoms with Crippen molar-refractivity contribution in [2.45, 2.75) is 6.92 Å². The third kappa shape index (κ3) is 3.96. The molecule has 0 aromatic heterocycles. The molecule has 21 heavy (non-hydrogen) atoms. The van der Waals surface area contributed by atoms with Crippen LogP contribution < -0.4 is 4.90 Å². The lowest BCUT2D eigenvalue weighted by atomic mass is 10.1. The van der Waals surface area contributed by atoms with E-state index in [-0.39, 0.29) is 5.78 Å². The number of halogens is 1. The Kier molecular flexibility index (Phi) is 4.81. The van der Waals surface area contributed by atoms with Crippen molar-refractivity contribution in [1.29, 1.82) is 0 Å². The molecule has 0 amide bonds. The summed E-state index contributed by atoms with van der Waals surface area (Å²) in [6.45, 7) is 2.00. The Morgan fingerprint density at radius 2 is 1.76 bits per heavy atom. The van der Waals surface area contributed by atoms with Crippen molar-refractivity contribution >= 4 is 29.1 Å². The minimum atomic E-state index is -0.0252. The molecule has 3 heteroatoms. The third-order valence-corrected chi connectivity index (χ3v) is 3.58.